The van der Waals surface area contributed by atoms with Gasteiger partial charge in [0.25, 0.3) is 0 Å². The topological polar surface area (TPSA) is 121 Å². The van der Waals surface area contributed by atoms with E-state index in [0.29, 0.717) is 16.3 Å². The van der Waals surface area contributed by atoms with E-state index in [0.717, 1.165) is 49.5 Å². The van der Waals surface area contributed by atoms with Gasteiger partial charge in [-0.1, -0.05) is 97.1 Å². The number of benzene rings is 8. The van der Waals surface area contributed by atoms with E-state index in [4.69, 9.17) is 0 Å². The fourth-order valence-electron chi connectivity index (χ4n) is 7.61. The van der Waals surface area contributed by atoms with Gasteiger partial charge in [0, 0.05) is 10.9 Å². The zero-order valence-corrected chi connectivity index (χ0v) is 27.0. The summed E-state index contributed by atoms with van der Waals surface area (Å²) in [7, 11) is 1.41. The minimum Gasteiger partial charge on any atom is -0.506 e. The molecule has 8 aromatic carbocycles. The molecule has 6 N–H and O–H groups in total. The first kappa shape index (κ1) is 30.0. The van der Waals surface area contributed by atoms with E-state index in [9.17, 15) is 30.6 Å². The van der Waals surface area contributed by atoms with Crippen LogP contribution in [0.25, 0.3) is 76.5 Å². The Labute approximate surface area is 282 Å². The number of hydrogen-bond donors (Lipinski definition) is 6. The largest absolute Gasteiger partial charge is 0.506 e. The Kier molecular flexibility index (Phi) is 6.65. The molecule has 7 heteroatoms. The first-order valence-corrected chi connectivity index (χ1v) is 16.0. The van der Waals surface area contributed by atoms with Crippen LogP contribution < -0.4 is 5.46 Å². The molecule has 0 radical (unpaired) electrons. The molecule has 0 unspecified atom stereocenters. The van der Waals surface area contributed by atoms with Gasteiger partial charge >= 0.3 is 0 Å². The fourth-order valence-corrected chi connectivity index (χ4v) is 7.61. The Balaban J connectivity index is 1.53. The number of fused-ring (bicyclic) bond motifs is 4. The maximum Gasteiger partial charge on any atom is 0.200 e. The first-order valence-electron chi connectivity index (χ1n) is 16.0. The third-order valence-corrected chi connectivity index (χ3v) is 9.92. The minimum atomic E-state index is -0.836. The first-order chi connectivity index (χ1) is 23.6. The van der Waals surface area contributed by atoms with Crippen LogP contribution in [0.5, 0.6) is 34.5 Å². The van der Waals surface area contributed by atoms with Crippen LogP contribution in [-0.4, -0.2) is 38.5 Å². The van der Waals surface area contributed by atoms with E-state index in [1.807, 2.05) is 66.7 Å². The molecule has 0 amide bonds. The molecule has 0 aliphatic heterocycles. The molecule has 0 bridgehead atoms. The molecule has 0 fully saturated rings. The van der Waals surface area contributed by atoms with E-state index >= 15 is 0 Å². The van der Waals surface area contributed by atoms with Crippen molar-refractivity contribution in [3.63, 3.8) is 0 Å². The second kappa shape index (κ2) is 10.9. The molecule has 0 saturated heterocycles. The highest BCUT2D eigenvalue weighted by Gasteiger charge is 2.30. The number of aryl methyl sites for hydroxylation is 2. The van der Waals surface area contributed by atoms with Crippen LogP contribution in [0, 0.1) is 13.8 Å². The van der Waals surface area contributed by atoms with E-state index in [-0.39, 0.29) is 21.8 Å². The zero-order chi connectivity index (χ0) is 34.3. The molecule has 49 heavy (non-hydrogen) atoms. The van der Waals surface area contributed by atoms with Crippen molar-refractivity contribution in [3.8, 4) is 67.9 Å². The average molecular weight is 643 g/mol. The molecular formula is C42H31BO6. The molecule has 8 aromatic rings. The molecule has 0 atom stereocenters. The van der Waals surface area contributed by atoms with Gasteiger partial charge in [0.15, 0.2) is 28.7 Å². The van der Waals surface area contributed by atoms with Crippen molar-refractivity contribution in [1.82, 2.24) is 0 Å². The second-order valence-electron chi connectivity index (χ2n) is 12.7. The predicted molar refractivity (Wildman–Crippen MR) is 200 cm³/mol. The quantitative estimate of drug-likeness (QED) is 0.0498. The highest BCUT2D eigenvalue weighted by Crippen LogP contribution is 2.57. The Morgan fingerprint density at radius 3 is 1.53 bits per heavy atom. The number of phenols is 6. The molecule has 0 aromatic heterocycles. The van der Waals surface area contributed by atoms with Crippen LogP contribution in [0.1, 0.15) is 11.1 Å². The predicted octanol–water partition coefficient (Wildman–Crippen LogP) is 8.41. The Morgan fingerprint density at radius 2 is 0.918 bits per heavy atom. The number of aromatic hydroxyl groups is 6. The summed E-state index contributed by atoms with van der Waals surface area (Å²) in [4.78, 5) is 0. The molecule has 0 aliphatic rings. The lowest BCUT2D eigenvalue weighted by molar-refractivity contribution is 0.370. The molecule has 8 rings (SSSR count). The summed E-state index contributed by atoms with van der Waals surface area (Å²) in [5, 5.41) is 71.6. The smallest absolute Gasteiger partial charge is 0.200 e. The van der Waals surface area contributed by atoms with Crippen LogP contribution in [-0.2, 0) is 0 Å². The maximum absolute atomic E-state index is 11.9. The van der Waals surface area contributed by atoms with E-state index in [1.165, 1.54) is 13.2 Å². The Hall–Kier alpha value is -6.34. The van der Waals surface area contributed by atoms with Crippen molar-refractivity contribution in [2.24, 2.45) is 0 Å². The monoisotopic (exact) mass is 642 g/mol. The summed E-state index contributed by atoms with van der Waals surface area (Å²) in [5.41, 5.74) is 6.75. The van der Waals surface area contributed by atoms with Gasteiger partial charge in [0.2, 0.25) is 0 Å². The second-order valence-corrected chi connectivity index (χ2v) is 12.7. The summed E-state index contributed by atoms with van der Waals surface area (Å²) in [5.74, 6) is -4.13. The van der Waals surface area contributed by atoms with Gasteiger partial charge in [0.05, 0.1) is 10.9 Å². The normalized spacial score (nSPS) is 11.6. The maximum atomic E-state index is 11.9. The van der Waals surface area contributed by atoms with Gasteiger partial charge in [-0.3, -0.25) is 0 Å². The molecule has 238 valence electrons. The SMILES string of the molecule is Bc1c(O)c(O)c(O)c2c(O)c(-c3c4ccccc4c(-c4cccc(C)c4-c4cc5ccccc5cc4C)c4ccccc34)c(O)c(O)c12. The standard InChI is InChI=1S/C42H31BO6/c1-20-10-9-17-28(30(20)29-19-23-12-4-3-11-22(23)18-21(29)2)31-24-13-5-7-15-26(24)32(27-16-8-6-14-25(27)31)34-37(44)35-33(38(45)39(34)46)36(43)41(48)42(49)40(35)47/h3-19,44-49H,43H2,1-2H3. The fraction of sp³-hybridized carbons (Fsp3) is 0.0476. The van der Waals surface area contributed by atoms with Crippen LogP contribution in [0.3, 0.4) is 0 Å². The third-order valence-electron chi connectivity index (χ3n) is 9.92. The van der Waals surface area contributed by atoms with Gasteiger partial charge in [-0.2, -0.15) is 0 Å². The molecule has 0 heterocycles. The minimum absolute atomic E-state index is 0.0130. The number of phenolic OH excluding ortho intramolecular Hbond substituents is 6. The van der Waals surface area contributed by atoms with Gasteiger partial charge in [0.1, 0.15) is 13.6 Å². The molecular weight excluding hydrogens is 611 g/mol. The lowest BCUT2D eigenvalue weighted by Crippen LogP contribution is -2.06. The molecule has 0 spiro atoms. The van der Waals surface area contributed by atoms with Crippen LogP contribution in [0.15, 0.2) is 103 Å². The van der Waals surface area contributed by atoms with Gasteiger partial charge < -0.3 is 30.6 Å². The summed E-state index contributed by atoms with van der Waals surface area (Å²) < 4.78 is 0. The van der Waals surface area contributed by atoms with Gasteiger partial charge in [-0.25, -0.2) is 0 Å². The zero-order valence-electron chi connectivity index (χ0n) is 27.0. The Morgan fingerprint density at radius 1 is 0.388 bits per heavy atom. The van der Waals surface area contributed by atoms with Crippen LogP contribution >= 0.6 is 0 Å². The van der Waals surface area contributed by atoms with E-state index < -0.39 is 34.5 Å². The van der Waals surface area contributed by atoms with E-state index in [2.05, 4.69) is 50.2 Å². The van der Waals surface area contributed by atoms with Crippen molar-refractivity contribution >= 4 is 56.4 Å². The summed E-state index contributed by atoms with van der Waals surface area (Å²) in [6, 6.07) is 34.5. The summed E-state index contributed by atoms with van der Waals surface area (Å²) >= 11 is 0. The van der Waals surface area contributed by atoms with Gasteiger partial charge in [-0.05, 0) is 91.1 Å². The van der Waals surface area contributed by atoms with Crippen molar-refractivity contribution < 1.29 is 30.6 Å². The van der Waals surface area contributed by atoms with Crippen LogP contribution in [0.4, 0.5) is 0 Å². The van der Waals surface area contributed by atoms with Crippen molar-refractivity contribution in [3.05, 3.63) is 114 Å². The van der Waals surface area contributed by atoms with Crippen LogP contribution in [0.2, 0.25) is 0 Å². The van der Waals surface area contributed by atoms with Crippen molar-refractivity contribution in [2.75, 3.05) is 0 Å². The third kappa shape index (κ3) is 4.22. The summed E-state index contributed by atoms with van der Waals surface area (Å²) in [6.45, 7) is 4.24. The van der Waals surface area contributed by atoms with Crippen molar-refractivity contribution in [1.29, 1.82) is 0 Å². The highest BCUT2D eigenvalue weighted by atomic mass is 16.3. The average Bonchev–Trinajstić information content (AvgIpc) is 3.11. The number of rotatable bonds is 3. The Bertz CT molecular complexity index is 2660. The van der Waals surface area contributed by atoms with Gasteiger partial charge in [-0.15, -0.1) is 0 Å². The highest BCUT2D eigenvalue weighted by molar-refractivity contribution is 6.43. The van der Waals surface area contributed by atoms with E-state index in [1.54, 1.807) is 0 Å². The summed E-state index contributed by atoms with van der Waals surface area (Å²) in [6.07, 6.45) is 0. The number of hydrogen-bond acceptors (Lipinski definition) is 6. The lowest BCUT2D eigenvalue weighted by atomic mass is 9.80. The van der Waals surface area contributed by atoms with Crippen molar-refractivity contribution in [2.45, 2.75) is 13.8 Å². The molecule has 0 saturated carbocycles. The molecule has 0 aliphatic carbocycles. The lowest BCUT2D eigenvalue weighted by Gasteiger charge is -2.23. The molecule has 6 nitrogen and oxygen atoms in total.